The SMILES string of the molecule is CC1CCN(CCC(=O)Nc2ccccc2Br)CC1. The fourth-order valence-electron chi connectivity index (χ4n) is 2.32. The van der Waals surface area contributed by atoms with Gasteiger partial charge in [-0.05, 0) is 59.9 Å². The van der Waals surface area contributed by atoms with Crippen LogP contribution in [0.25, 0.3) is 0 Å². The number of carbonyl (C=O) groups is 1. The quantitative estimate of drug-likeness (QED) is 0.919. The number of hydrogen-bond acceptors (Lipinski definition) is 2. The molecule has 4 heteroatoms. The second kappa shape index (κ2) is 7.06. The van der Waals surface area contributed by atoms with E-state index in [2.05, 4.69) is 33.1 Å². The van der Waals surface area contributed by atoms with Crippen LogP contribution in [0.3, 0.4) is 0 Å². The van der Waals surface area contributed by atoms with Crippen LogP contribution >= 0.6 is 15.9 Å². The second-order valence-electron chi connectivity index (χ2n) is 5.30. The van der Waals surface area contributed by atoms with Gasteiger partial charge in [0.15, 0.2) is 0 Å². The fourth-order valence-corrected chi connectivity index (χ4v) is 2.70. The highest BCUT2D eigenvalue weighted by Crippen LogP contribution is 2.21. The average molecular weight is 325 g/mol. The van der Waals surface area contributed by atoms with Crippen molar-refractivity contribution in [3.63, 3.8) is 0 Å². The van der Waals surface area contributed by atoms with E-state index < -0.39 is 0 Å². The first-order valence-corrected chi connectivity index (χ1v) is 7.71. The van der Waals surface area contributed by atoms with E-state index in [9.17, 15) is 4.79 Å². The van der Waals surface area contributed by atoms with Gasteiger partial charge in [-0.1, -0.05) is 19.1 Å². The van der Waals surface area contributed by atoms with Gasteiger partial charge >= 0.3 is 0 Å². The summed E-state index contributed by atoms with van der Waals surface area (Å²) < 4.78 is 0.926. The van der Waals surface area contributed by atoms with Crippen LogP contribution < -0.4 is 5.32 Å². The molecule has 0 radical (unpaired) electrons. The number of nitrogens with zero attached hydrogens (tertiary/aromatic N) is 1. The zero-order valence-electron chi connectivity index (χ0n) is 11.4. The molecule has 104 valence electrons. The molecule has 1 saturated heterocycles. The maximum Gasteiger partial charge on any atom is 0.225 e. The van der Waals surface area contributed by atoms with E-state index in [0.29, 0.717) is 6.42 Å². The standard InChI is InChI=1S/C15H21BrN2O/c1-12-6-9-18(10-7-12)11-8-15(19)17-14-5-3-2-4-13(14)16/h2-5,12H,6-11H2,1H3,(H,17,19). The van der Waals surface area contributed by atoms with Gasteiger partial charge in [-0.15, -0.1) is 0 Å². The van der Waals surface area contributed by atoms with Crippen molar-refractivity contribution in [2.75, 3.05) is 25.0 Å². The lowest BCUT2D eigenvalue weighted by molar-refractivity contribution is -0.116. The van der Waals surface area contributed by atoms with Crippen LogP contribution in [-0.4, -0.2) is 30.4 Å². The minimum Gasteiger partial charge on any atom is -0.325 e. The van der Waals surface area contributed by atoms with Crippen LogP contribution in [0.1, 0.15) is 26.2 Å². The van der Waals surface area contributed by atoms with Crippen molar-refractivity contribution in [3.05, 3.63) is 28.7 Å². The number of rotatable bonds is 4. The summed E-state index contributed by atoms with van der Waals surface area (Å²) in [6.45, 7) is 5.42. The fraction of sp³-hybridized carbons (Fsp3) is 0.533. The Bertz CT molecular complexity index is 428. The van der Waals surface area contributed by atoms with Crippen LogP contribution in [-0.2, 0) is 4.79 Å². The van der Waals surface area contributed by atoms with Gasteiger partial charge in [-0.25, -0.2) is 0 Å². The Kier molecular flexibility index (Phi) is 5.40. The molecule has 1 aromatic rings. The van der Waals surface area contributed by atoms with Gasteiger partial charge in [0.05, 0.1) is 5.69 Å². The van der Waals surface area contributed by atoms with Crippen LogP contribution in [0.5, 0.6) is 0 Å². The normalized spacial score (nSPS) is 17.4. The second-order valence-corrected chi connectivity index (χ2v) is 6.16. The summed E-state index contributed by atoms with van der Waals surface area (Å²) in [7, 11) is 0. The average Bonchev–Trinajstić information content (AvgIpc) is 2.41. The number of anilines is 1. The molecule has 1 aromatic carbocycles. The Labute approximate surface area is 123 Å². The number of carbonyl (C=O) groups excluding carboxylic acids is 1. The van der Waals surface area contributed by atoms with Crippen molar-refractivity contribution in [1.29, 1.82) is 0 Å². The van der Waals surface area contributed by atoms with Crippen molar-refractivity contribution in [1.82, 2.24) is 4.90 Å². The molecule has 1 N–H and O–H groups in total. The lowest BCUT2D eigenvalue weighted by atomic mass is 9.99. The van der Waals surface area contributed by atoms with Gasteiger partial charge in [-0.2, -0.15) is 0 Å². The van der Waals surface area contributed by atoms with Gasteiger partial charge in [0.1, 0.15) is 0 Å². The smallest absolute Gasteiger partial charge is 0.225 e. The first-order valence-electron chi connectivity index (χ1n) is 6.92. The third kappa shape index (κ3) is 4.62. The molecule has 0 aliphatic carbocycles. The Morgan fingerprint density at radius 1 is 1.37 bits per heavy atom. The topological polar surface area (TPSA) is 32.3 Å². The molecule has 0 spiro atoms. The molecule has 1 heterocycles. The van der Waals surface area contributed by atoms with Gasteiger partial charge in [-0.3, -0.25) is 4.79 Å². The summed E-state index contributed by atoms with van der Waals surface area (Å²) in [6.07, 6.45) is 3.08. The Morgan fingerprint density at radius 2 is 2.05 bits per heavy atom. The highest BCUT2D eigenvalue weighted by atomic mass is 79.9. The molecule has 1 fully saturated rings. The summed E-state index contributed by atoms with van der Waals surface area (Å²) in [5.41, 5.74) is 0.847. The molecule has 2 rings (SSSR count). The van der Waals surface area contributed by atoms with Gasteiger partial charge in [0, 0.05) is 17.4 Å². The lowest BCUT2D eigenvalue weighted by Gasteiger charge is -2.29. The van der Waals surface area contributed by atoms with E-state index in [4.69, 9.17) is 0 Å². The van der Waals surface area contributed by atoms with Crippen LogP contribution in [0.15, 0.2) is 28.7 Å². The number of hydrogen-bond donors (Lipinski definition) is 1. The van der Waals surface area contributed by atoms with Crippen molar-refractivity contribution < 1.29 is 4.79 Å². The molecular weight excluding hydrogens is 304 g/mol. The zero-order valence-corrected chi connectivity index (χ0v) is 12.9. The number of benzene rings is 1. The number of likely N-dealkylation sites (tertiary alicyclic amines) is 1. The van der Waals surface area contributed by atoms with Crippen LogP contribution in [0.2, 0.25) is 0 Å². The molecule has 0 unspecified atom stereocenters. The summed E-state index contributed by atoms with van der Waals surface area (Å²) in [6, 6.07) is 7.70. The summed E-state index contributed by atoms with van der Waals surface area (Å²) in [5.74, 6) is 0.927. The van der Waals surface area contributed by atoms with Crippen LogP contribution in [0.4, 0.5) is 5.69 Å². The molecule has 1 aliphatic heterocycles. The Balaban J connectivity index is 1.74. The summed E-state index contributed by atoms with van der Waals surface area (Å²) in [5, 5.41) is 2.95. The molecule has 1 amide bonds. The number of halogens is 1. The lowest BCUT2D eigenvalue weighted by Crippen LogP contribution is -2.35. The van der Waals surface area contributed by atoms with Crippen LogP contribution in [0, 0.1) is 5.92 Å². The van der Waals surface area contributed by atoms with Crippen molar-refractivity contribution in [2.45, 2.75) is 26.2 Å². The zero-order chi connectivity index (χ0) is 13.7. The van der Waals surface area contributed by atoms with Crippen molar-refractivity contribution in [3.8, 4) is 0 Å². The monoisotopic (exact) mass is 324 g/mol. The molecular formula is C15H21BrN2O. The van der Waals surface area contributed by atoms with Gasteiger partial charge in [0.25, 0.3) is 0 Å². The molecule has 0 atom stereocenters. The molecule has 0 bridgehead atoms. The van der Waals surface area contributed by atoms with E-state index in [1.807, 2.05) is 24.3 Å². The Hall–Kier alpha value is -0.870. The van der Waals surface area contributed by atoms with E-state index in [1.165, 1.54) is 12.8 Å². The van der Waals surface area contributed by atoms with Crippen molar-refractivity contribution >= 4 is 27.5 Å². The van der Waals surface area contributed by atoms with E-state index in [0.717, 1.165) is 35.7 Å². The molecule has 1 aliphatic rings. The first kappa shape index (κ1) is 14.5. The highest BCUT2D eigenvalue weighted by Gasteiger charge is 2.16. The third-order valence-electron chi connectivity index (χ3n) is 3.68. The molecule has 0 aromatic heterocycles. The predicted octanol–water partition coefficient (Wildman–Crippen LogP) is 3.51. The highest BCUT2D eigenvalue weighted by molar-refractivity contribution is 9.10. The minimum atomic E-state index is 0.0884. The van der Waals surface area contributed by atoms with E-state index in [-0.39, 0.29) is 5.91 Å². The largest absolute Gasteiger partial charge is 0.325 e. The maximum atomic E-state index is 11.9. The third-order valence-corrected chi connectivity index (χ3v) is 4.37. The van der Waals surface area contributed by atoms with E-state index in [1.54, 1.807) is 0 Å². The molecule has 19 heavy (non-hydrogen) atoms. The maximum absolute atomic E-state index is 11.9. The molecule has 3 nitrogen and oxygen atoms in total. The first-order chi connectivity index (χ1) is 9.15. The van der Waals surface area contributed by atoms with E-state index >= 15 is 0 Å². The van der Waals surface area contributed by atoms with Gasteiger partial charge < -0.3 is 10.2 Å². The molecule has 0 saturated carbocycles. The number of piperidine rings is 1. The van der Waals surface area contributed by atoms with Crippen molar-refractivity contribution in [2.24, 2.45) is 5.92 Å². The summed E-state index contributed by atoms with van der Waals surface area (Å²) >= 11 is 3.43. The number of para-hydroxylation sites is 1. The van der Waals surface area contributed by atoms with Gasteiger partial charge in [0.2, 0.25) is 5.91 Å². The number of nitrogens with one attached hydrogen (secondary N) is 1. The summed E-state index contributed by atoms with van der Waals surface area (Å²) in [4.78, 5) is 14.3. The minimum absolute atomic E-state index is 0.0884. The predicted molar refractivity (Wildman–Crippen MR) is 82.2 cm³/mol. The number of amides is 1. The Morgan fingerprint density at radius 3 is 2.74 bits per heavy atom.